The van der Waals surface area contributed by atoms with E-state index in [0.717, 1.165) is 61.6 Å². The SMILES string of the molecule is CC1CNCC(C)N1CCCCCN1C(=O)C(c2cccc(C(=N)N)c2)Sc2ccccc21. The van der Waals surface area contributed by atoms with Crippen molar-refractivity contribution in [3.05, 3.63) is 59.7 Å². The van der Waals surface area contributed by atoms with Crippen LogP contribution in [0.25, 0.3) is 0 Å². The molecule has 2 aliphatic rings. The lowest BCUT2D eigenvalue weighted by molar-refractivity contribution is -0.118. The molecule has 2 heterocycles. The fourth-order valence-electron chi connectivity index (χ4n) is 4.88. The molecule has 176 valence electrons. The van der Waals surface area contributed by atoms with Gasteiger partial charge in [0.05, 0.1) is 5.69 Å². The molecular formula is C26H35N5OS. The maximum atomic E-state index is 13.6. The summed E-state index contributed by atoms with van der Waals surface area (Å²) in [6, 6.07) is 16.9. The standard InChI is InChI=1S/C26H35N5OS/c1-18-16-29-17-19(2)30(18)13-6-3-7-14-31-22-11-4-5-12-23(22)33-24(26(31)32)20-9-8-10-21(15-20)25(27)28/h4-5,8-12,15,18-19,24,29H,3,6-7,13-14,16-17H2,1-2H3,(H3,27,28). The number of thioether (sulfide) groups is 1. The normalized spacial score (nSPS) is 23.4. The minimum atomic E-state index is -0.318. The largest absolute Gasteiger partial charge is 0.384 e. The maximum absolute atomic E-state index is 13.6. The molecule has 4 N–H and O–H groups in total. The van der Waals surface area contributed by atoms with Gasteiger partial charge in [-0.15, -0.1) is 11.8 Å². The summed E-state index contributed by atoms with van der Waals surface area (Å²) < 4.78 is 0. The molecule has 2 aliphatic heterocycles. The van der Waals surface area contributed by atoms with Gasteiger partial charge in [0, 0.05) is 42.2 Å². The Morgan fingerprint density at radius 3 is 2.55 bits per heavy atom. The predicted molar refractivity (Wildman–Crippen MR) is 137 cm³/mol. The van der Waals surface area contributed by atoms with Crippen molar-refractivity contribution >= 4 is 29.2 Å². The number of unbranched alkanes of at least 4 members (excludes halogenated alkanes) is 2. The summed E-state index contributed by atoms with van der Waals surface area (Å²) in [6.45, 7) is 8.56. The molecule has 0 spiro atoms. The van der Waals surface area contributed by atoms with Crippen LogP contribution in [0.2, 0.25) is 0 Å². The molecular weight excluding hydrogens is 430 g/mol. The van der Waals surface area contributed by atoms with Gasteiger partial charge < -0.3 is 16.0 Å². The zero-order valence-electron chi connectivity index (χ0n) is 19.6. The van der Waals surface area contributed by atoms with E-state index >= 15 is 0 Å². The van der Waals surface area contributed by atoms with Crippen molar-refractivity contribution in [2.75, 3.05) is 31.1 Å². The van der Waals surface area contributed by atoms with Crippen molar-refractivity contribution in [2.24, 2.45) is 5.73 Å². The molecule has 0 bridgehead atoms. The van der Waals surface area contributed by atoms with Crippen molar-refractivity contribution in [3.63, 3.8) is 0 Å². The van der Waals surface area contributed by atoms with Gasteiger partial charge in [0.15, 0.2) is 0 Å². The number of nitrogens with two attached hydrogens (primary N) is 1. The highest BCUT2D eigenvalue weighted by Gasteiger charge is 2.34. The third kappa shape index (κ3) is 5.42. The Bertz CT molecular complexity index is 986. The number of nitrogens with one attached hydrogen (secondary N) is 2. The number of rotatable bonds is 8. The van der Waals surface area contributed by atoms with E-state index in [9.17, 15) is 4.79 Å². The van der Waals surface area contributed by atoms with Gasteiger partial charge in [-0.25, -0.2) is 0 Å². The molecule has 0 radical (unpaired) electrons. The number of para-hydroxylation sites is 1. The number of amidine groups is 1. The van der Waals surface area contributed by atoms with E-state index in [0.29, 0.717) is 17.6 Å². The number of nitrogen functional groups attached to an aromatic ring is 1. The van der Waals surface area contributed by atoms with E-state index < -0.39 is 0 Å². The molecule has 1 fully saturated rings. The molecule has 4 rings (SSSR count). The van der Waals surface area contributed by atoms with E-state index in [2.05, 4.69) is 30.1 Å². The summed E-state index contributed by atoms with van der Waals surface area (Å²) in [5, 5.41) is 10.9. The number of amides is 1. The monoisotopic (exact) mass is 465 g/mol. The fraction of sp³-hybridized carbons (Fsp3) is 0.462. The first-order valence-electron chi connectivity index (χ1n) is 11.9. The zero-order chi connectivity index (χ0) is 23.4. The van der Waals surface area contributed by atoms with Crippen molar-refractivity contribution in [3.8, 4) is 0 Å². The van der Waals surface area contributed by atoms with Gasteiger partial charge in [0.25, 0.3) is 0 Å². The van der Waals surface area contributed by atoms with Crippen LogP contribution in [0.15, 0.2) is 53.4 Å². The van der Waals surface area contributed by atoms with Gasteiger partial charge in [-0.05, 0) is 57.0 Å². The second-order valence-electron chi connectivity index (χ2n) is 9.15. The third-order valence-electron chi connectivity index (χ3n) is 6.70. The molecule has 2 aromatic carbocycles. The van der Waals surface area contributed by atoms with E-state index in [1.807, 2.05) is 47.4 Å². The number of carbonyl (C=O) groups is 1. The quantitative estimate of drug-likeness (QED) is 0.312. The van der Waals surface area contributed by atoms with Gasteiger partial charge in [0.2, 0.25) is 5.91 Å². The Morgan fingerprint density at radius 2 is 1.79 bits per heavy atom. The first-order chi connectivity index (χ1) is 16.0. The maximum Gasteiger partial charge on any atom is 0.245 e. The predicted octanol–water partition coefficient (Wildman–Crippen LogP) is 4.00. The minimum Gasteiger partial charge on any atom is -0.384 e. The molecule has 3 atom stereocenters. The Hall–Kier alpha value is -2.35. The molecule has 0 saturated carbocycles. The zero-order valence-corrected chi connectivity index (χ0v) is 20.4. The van der Waals surface area contributed by atoms with Gasteiger partial charge in [0.1, 0.15) is 11.1 Å². The highest BCUT2D eigenvalue weighted by atomic mass is 32.2. The van der Waals surface area contributed by atoms with Crippen LogP contribution in [0.5, 0.6) is 0 Å². The number of piperazine rings is 1. The average molecular weight is 466 g/mol. The fourth-order valence-corrected chi connectivity index (χ4v) is 6.10. The number of fused-ring (bicyclic) bond motifs is 1. The van der Waals surface area contributed by atoms with Gasteiger partial charge in [-0.1, -0.05) is 36.8 Å². The Morgan fingerprint density at radius 1 is 1.06 bits per heavy atom. The van der Waals surface area contributed by atoms with Gasteiger partial charge in [-0.3, -0.25) is 15.1 Å². The van der Waals surface area contributed by atoms with Crippen molar-refractivity contribution in [1.82, 2.24) is 10.2 Å². The van der Waals surface area contributed by atoms with E-state index in [4.69, 9.17) is 11.1 Å². The smallest absolute Gasteiger partial charge is 0.245 e. The summed E-state index contributed by atoms with van der Waals surface area (Å²) in [7, 11) is 0. The molecule has 2 aromatic rings. The number of carbonyl (C=O) groups excluding carboxylic acids is 1. The molecule has 1 saturated heterocycles. The minimum absolute atomic E-state index is 0.0236. The summed E-state index contributed by atoms with van der Waals surface area (Å²) in [5.74, 6) is 0.138. The van der Waals surface area contributed by atoms with Crippen LogP contribution in [-0.2, 0) is 4.79 Å². The van der Waals surface area contributed by atoms with Crippen molar-refractivity contribution in [1.29, 1.82) is 5.41 Å². The van der Waals surface area contributed by atoms with Crippen molar-refractivity contribution < 1.29 is 4.79 Å². The first-order valence-corrected chi connectivity index (χ1v) is 12.8. The summed E-state index contributed by atoms with van der Waals surface area (Å²) in [5.41, 5.74) is 8.26. The van der Waals surface area contributed by atoms with Crippen LogP contribution in [0, 0.1) is 5.41 Å². The highest BCUT2D eigenvalue weighted by Crippen LogP contribution is 2.46. The second-order valence-corrected chi connectivity index (χ2v) is 10.3. The number of hydrogen-bond acceptors (Lipinski definition) is 5. The average Bonchev–Trinajstić information content (AvgIpc) is 2.81. The molecule has 3 unspecified atom stereocenters. The van der Waals surface area contributed by atoms with Crippen LogP contribution >= 0.6 is 11.8 Å². The first kappa shape index (κ1) is 23.8. The molecule has 6 nitrogen and oxygen atoms in total. The number of nitrogens with zero attached hydrogens (tertiary/aromatic N) is 2. The summed E-state index contributed by atoms with van der Waals surface area (Å²) >= 11 is 1.59. The third-order valence-corrected chi connectivity index (χ3v) is 8.01. The molecule has 1 amide bonds. The number of benzene rings is 2. The van der Waals surface area contributed by atoms with E-state index in [1.165, 1.54) is 0 Å². The van der Waals surface area contributed by atoms with Crippen LogP contribution in [0.1, 0.15) is 49.5 Å². The van der Waals surface area contributed by atoms with Crippen LogP contribution < -0.4 is 16.0 Å². The Labute approximate surface area is 201 Å². The van der Waals surface area contributed by atoms with Crippen LogP contribution in [0.3, 0.4) is 0 Å². The van der Waals surface area contributed by atoms with Crippen molar-refractivity contribution in [2.45, 2.75) is 55.3 Å². The van der Waals surface area contributed by atoms with Gasteiger partial charge >= 0.3 is 0 Å². The van der Waals surface area contributed by atoms with E-state index in [1.54, 1.807) is 11.8 Å². The summed E-state index contributed by atoms with van der Waals surface area (Å²) in [4.78, 5) is 19.3. The van der Waals surface area contributed by atoms with Crippen LogP contribution in [0.4, 0.5) is 5.69 Å². The number of anilines is 1. The van der Waals surface area contributed by atoms with Crippen LogP contribution in [-0.4, -0.2) is 54.9 Å². The topological polar surface area (TPSA) is 85.5 Å². The lowest BCUT2D eigenvalue weighted by atomic mass is 10.1. The number of hydrogen-bond donors (Lipinski definition) is 3. The Kier molecular flexibility index (Phi) is 7.73. The van der Waals surface area contributed by atoms with E-state index in [-0.39, 0.29) is 17.0 Å². The van der Waals surface area contributed by atoms with Gasteiger partial charge in [-0.2, -0.15) is 0 Å². The molecule has 7 heteroatoms. The molecule has 0 aromatic heterocycles. The Balaban J connectivity index is 1.42. The lowest BCUT2D eigenvalue weighted by Gasteiger charge is -2.39. The molecule has 0 aliphatic carbocycles. The highest BCUT2D eigenvalue weighted by molar-refractivity contribution is 8.00. The second kappa shape index (κ2) is 10.7. The summed E-state index contributed by atoms with van der Waals surface area (Å²) in [6.07, 6.45) is 3.24. The lowest BCUT2D eigenvalue weighted by Crippen LogP contribution is -2.55. The molecule has 33 heavy (non-hydrogen) atoms.